The highest BCUT2D eigenvalue weighted by atomic mass is 32.3. The summed E-state index contributed by atoms with van der Waals surface area (Å²) in [4.78, 5) is 15.8. The molecule has 8 nitrogen and oxygen atoms in total. The summed E-state index contributed by atoms with van der Waals surface area (Å²) >= 11 is 0. The van der Waals surface area contributed by atoms with Crippen molar-refractivity contribution in [3.63, 3.8) is 0 Å². The third-order valence-electron chi connectivity index (χ3n) is 9.16. The number of rotatable bonds is 6. The van der Waals surface area contributed by atoms with Gasteiger partial charge in [-0.25, -0.2) is 9.07 Å². The van der Waals surface area contributed by atoms with Crippen LogP contribution in [0, 0.1) is 28.5 Å². The summed E-state index contributed by atoms with van der Waals surface area (Å²) in [7, 11) is -2.48. The number of nitrogens with one attached hydrogen (secondary N) is 1. The van der Waals surface area contributed by atoms with Crippen molar-refractivity contribution in [2.24, 2.45) is 11.3 Å². The first-order valence-electron chi connectivity index (χ1n) is 14.6. The van der Waals surface area contributed by atoms with Crippen molar-refractivity contribution in [2.45, 2.75) is 57.4 Å². The number of carbonyl (C=O) groups excluding carboxylic acids is 1. The molecule has 2 aromatic carbocycles. The highest BCUT2D eigenvalue weighted by Crippen LogP contribution is 2.49. The Hall–Kier alpha value is -3.39. The number of benzene rings is 2. The molecule has 1 saturated heterocycles. The molecule has 6 rings (SSSR count). The molecule has 10 heteroatoms. The maximum Gasteiger partial charge on any atom is 0.225 e. The number of nitriles is 1. The van der Waals surface area contributed by atoms with E-state index in [1.807, 2.05) is 18.3 Å². The van der Waals surface area contributed by atoms with Gasteiger partial charge in [0.25, 0.3) is 0 Å². The van der Waals surface area contributed by atoms with Gasteiger partial charge >= 0.3 is 0 Å². The van der Waals surface area contributed by atoms with Gasteiger partial charge in [-0.3, -0.25) is 13.9 Å². The molecule has 0 radical (unpaired) electrons. The molecule has 1 aliphatic heterocycles. The first-order valence-corrected chi connectivity index (χ1v) is 16.5. The van der Waals surface area contributed by atoms with Crippen molar-refractivity contribution in [3.8, 4) is 22.9 Å². The second-order valence-corrected chi connectivity index (χ2v) is 15.3. The van der Waals surface area contributed by atoms with E-state index < -0.39 is 16.1 Å². The summed E-state index contributed by atoms with van der Waals surface area (Å²) < 4.78 is 35.5. The maximum absolute atomic E-state index is 13.7. The Morgan fingerprint density at radius 1 is 1.05 bits per heavy atom. The Bertz CT molecular complexity index is 1500. The lowest BCUT2D eigenvalue weighted by Gasteiger charge is -2.42. The monoisotopic (exact) mass is 591 g/mol. The van der Waals surface area contributed by atoms with Gasteiger partial charge < -0.3 is 10.2 Å². The molecule has 3 fully saturated rings. The molecule has 2 saturated carbocycles. The van der Waals surface area contributed by atoms with Crippen LogP contribution in [0.15, 0.2) is 54.7 Å². The van der Waals surface area contributed by atoms with Gasteiger partial charge in [-0.2, -0.15) is 21.0 Å². The molecule has 42 heavy (non-hydrogen) atoms. The van der Waals surface area contributed by atoms with Crippen LogP contribution in [0.1, 0.15) is 57.6 Å². The number of hydrogen-bond acceptors (Lipinski definition) is 6. The van der Waals surface area contributed by atoms with E-state index in [1.54, 1.807) is 16.8 Å². The third kappa shape index (κ3) is 5.91. The van der Waals surface area contributed by atoms with Crippen LogP contribution in [-0.4, -0.2) is 54.9 Å². The molecule has 3 aliphatic rings. The Labute approximate surface area is 247 Å². The molecule has 222 valence electrons. The smallest absolute Gasteiger partial charge is 0.225 e. The first-order chi connectivity index (χ1) is 20.0. The number of halogens is 1. The Balaban J connectivity index is 1.37. The zero-order valence-electron chi connectivity index (χ0n) is 24.1. The van der Waals surface area contributed by atoms with E-state index in [0.717, 1.165) is 41.0 Å². The third-order valence-corrected chi connectivity index (χ3v) is 10.8. The lowest BCUT2D eigenvalue weighted by Crippen LogP contribution is -2.44. The SMILES string of the molecule is CC1(C)CC[C@H](C(=O)NC2(C#N)CC2)[C@@H](c2nn(-c3ccc(F)cc3)cc2-c2ccc(N3CCS(O)(O)CC3)cc2)C1. The standard InChI is InChI=1S/C32H38FN5O3S/c1-31(2)12-11-26(30(39)35-32(21-34)13-14-32)27(19-31)29-28(20-38(36-29)25-9-5-23(33)6-10-25)22-3-7-24(8-4-22)37-15-17-42(40,41)18-16-37/h3-10,20,26-27,40-41H,11-19H2,1-2H3,(H,35,39)/t26-,27-/m0/s1. The largest absolute Gasteiger partial charge is 0.368 e. The first kappa shape index (κ1) is 28.7. The fraction of sp³-hybridized carbons (Fsp3) is 0.469. The fourth-order valence-electron chi connectivity index (χ4n) is 6.35. The molecule has 0 unspecified atom stereocenters. The van der Waals surface area contributed by atoms with Crippen LogP contribution < -0.4 is 10.2 Å². The number of nitrogens with zero attached hydrogens (tertiary/aromatic N) is 4. The van der Waals surface area contributed by atoms with Crippen LogP contribution in [-0.2, 0) is 4.79 Å². The maximum atomic E-state index is 13.7. The second kappa shape index (κ2) is 10.7. The average Bonchev–Trinajstić information content (AvgIpc) is 3.59. The second-order valence-electron chi connectivity index (χ2n) is 12.9. The van der Waals surface area contributed by atoms with E-state index in [2.05, 4.69) is 42.3 Å². The Morgan fingerprint density at radius 2 is 1.69 bits per heavy atom. The molecule has 3 N–H and O–H groups in total. The highest BCUT2D eigenvalue weighted by Gasteiger charge is 2.48. The minimum absolute atomic E-state index is 0.0135. The summed E-state index contributed by atoms with van der Waals surface area (Å²) in [6, 6.07) is 16.7. The lowest BCUT2D eigenvalue weighted by atomic mass is 9.65. The van der Waals surface area contributed by atoms with Crippen LogP contribution >= 0.6 is 10.6 Å². The fourth-order valence-corrected chi connectivity index (χ4v) is 7.58. The van der Waals surface area contributed by atoms with Gasteiger partial charge in [0.15, 0.2) is 0 Å². The zero-order valence-corrected chi connectivity index (χ0v) is 24.9. The van der Waals surface area contributed by atoms with Crippen molar-refractivity contribution in [1.29, 1.82) is 5.26 Å². The summed E-state index contributed by atoms with van der Waals surface area (Å²) in [5.74, 6) is -0.130. The average molecular weight is 592 g/mol. The van der Waals surface area contributed by atoms with Crippen molar-refractivity contribution >= 4 is 22.2 Å². The molecule has 0 bridgehead atoms. The predicted molar refractivity (Wildman–Crippen MR) is 163 cm³/mol. The van der Waals surface area contributed by atoms with Crippen molar-refractivity contribution in [1.82, 2.24) is 15.1 Å². The topological polar surface area (TPSA) is 114 Å². The quantitative estimate of drug-likeness (QED) is 0.309. The molecular weight excluding hydrogens is 553 g/mol. The molecule has 2 heterocycles. The van der Waals surface area contributed by atoms with E-state index in [-0.39, 0.29) is 29.0 Å². The molecule has 3 aromatic rings. The van der Waals surface area contributed by atoms with E-state index in [0.29, 0.717) is 43.9 Å². The molecule has 2 aliphatic carbocycles. The summed E-state index contributed by atoms with van der Waals surface area (Å²) in [6.07, 6.45) is 5.72. The lowest BCUT2D eigenvalue weighted by molar-refractivity contribution is -0.128. The van der Waals surface area contributed by atoms with Crippen LogP contribution in [0.4, 0.5) is 10.1 Å². The van der Waals surface area contributed by atoms with Gasteiger partial charge in [-0.15, -0.1) is 0 Å². The number of carbonyl (C=O) groups is 1. The number of amides is 1. The molecule has 0 spiro atoms. The normalized spacial score (nSPS) is 24.8. The number of hydrogen-bond donors (Lipinski definition) is 3. The summed E-state index contributed by atoms with van der Waals surface area (Å²) in [5.41, 5.74) is 3.73. The van der Waals surface area contributed by atoms with E-state index in [1.165, 1.54) is 12.1 Å². The van der Waals surface area contributed by atoms with Crippen molar-refractivity contribution in [2.75, 3.05) is 29.5 Å². The number of aromatic nitrogens is 2. The van der Waals surface area contributed by atoms with Gasteiger partial charge in [0.1, 0.15) is 11.4 Å². The Morgan fingerprint density at radius 3 is 2.31 bits per heavy atom. The predicted octanol–water partition coefficient (Wildman–Crippen LogP) is 6.33. The van der Waals surface area contributed by atoms with Gasteiger partial charge in [-0.05, 0) is 79.5 Å². The molecule has 2 atom stereocenters. The zero-order chi connectivity index (χ0) is 29.7. The molecule has 1 amide bonds. The van der Waals surface area contributed by atoms with Crippen LogP contribution in [0.3, 0.4) is 0 Å². The van der Waals surface area contributed by atoms with Crippen LogP contribution in [0.5, 0.6) is 0 Å². The highest BCUT2D eigenvalue weighted by molar-refractivity contribution is 8.24. The molecule has 1 aromatic heterocycles. The van der Waals surface area contributed by atoms with Gasteiger partial charge in [0.05, 0.1) is 29.0 Å². The summed E-state index contributed by atoms with van der Waals surface area (Å²) in [6.45, 7) is 5.64. The van der Waals surface area contributed by atoms with Crippen molar-refractivity contribution < 1.29 is 18.3 Å². The van der Waals surface area contributed by atoms with Gasteiger partial charge in [0, 0.05) is 42.4 Å². The van der Waals surface area contributed by atoms with E-state index in [4.69, 9.17) is 5.10 Å². The minimum Gasteiger partial charge on any atom is -0.368 e. The minimum atomic E-state index is -2.48. The van der Waals surface area contributed by atoms with Crippen molar-refractivity contribution in [3.05, 3.63) is 66.2 Å². The Kier molecular flexibility index (Phi) is 7.32. The van der Waals surface area contributed by atoms with E-state index in [9.17, 15) is 23.6 Å². The van der Waals surface area contributed by atoms with Crippen LogP contribution in [0.25, 0.3) is 16.8 Å². The van der Waals surface area contributed by atoms with E-state index >= 15 is 0 Å². The summed E-state index contributed by atoms with van der Waals surface area (Å²) in [5, 5.41) is 17.7. The van der Waals surface area contributed by atoms with Gasteiger partial charge in [0.2, 0.25) is 5.91 Å². The van der Waals surface area contributed by atoms with Crippen LogP contribution in [0.2, 0.25) is 0 Å². The molecular formula is C32H38FN5O3S. The number of anilines is 1. The van der Waals surface area contributed by atoms with Gasteiger partial charge in [-0.1, -0.05) is 26.0 Å².